The van der Waals surface area contributed by atoms with Gasteiger partial charge in [0.2, 0.25) is 0 Å². The van der Waals surface area contributed by atoms with Crippen molar-refractivity contribution in [3.8, 4) is 0 Å². The minimum Gasteiger partial charge on any atom is -0.333 e. The largest absolute Gasteiger partial charge is 0.333 e. The van der Waals surface area contributed by atoms with Gasteiger partial charge in [0.15, 0.2) is 11.6 Å². The van der Waals surface area contributed by atoms with E-state index in [9.17, 15) is 8.78 Å². The third-order valence-corrected chi connectivity index (χ3v) is 3.94. The molecule has 3 nitrogen and oxygen atoms in total. The number of imidazole rings is 1. The standard InChI is InChI=1S/C14H16BrF2N3/c1-3-7-20-8-6-19-14(20)13(18-2)9-4-5-10(16)12(17)11(9)15/h4-6,8,13,18H,3,7H2,1-2H3. The van der Waals surface area contributed by atoms with Gasteiger partial charge in [0.1, 0.15) is 5.82 Å². The van der Waals surface area contributed by atoms with Crippen LogP contribution in [0.3, 0.4) is 0 Å². The molecule has 0 amide bonds. The second-order valence-electron chi connectivity index (χ2n) is 4.47. The molecule has 0 aliphatic carbocycles. The summed E-state index contributed by atoms with van der Waals surface area (Å²) in [6, 6.07) is 2.39. The van der Waals surface area contributed by atoms with Crippen LogP contribution >= 0.6 is 15.9 Å². The summed E-state index contributed by atoms with van der Waals surface area (Å²) in [7, 11) is 1.77. The minimum absolute atomic E-state index is 0.128. The summed E-state index contributed by atoms with van der Waals surface area (Å²) in [4.78, 5) is 4.34. The molecule has 1 aromatic carbocycles. The van der Waals surface area contributed by atoms with Gasteiger partial charge >= 0.3 is 0 Å². The van der Waals surface area contributed by atoms with Crippen LogP contribution in [0.15, 0.2) is 29.0 Å². The van der Waals surface area contributed by atoms with Crippen LogP contribution in [-0.2, 0) is 6.54 Å². The molecular weight excluding hydrogens is 328 g/mol. The average Bonchev–Trinajstić information content (AvgIpc) is 2.88. The van der Waals surface area contributed by atoms with E-state index in [2.05, 4.69) is 33.2 Å². The van der Waals surface area contributed by atoms with Gasteiger partial charge in [0.05, 0.1) is 10.5 Å². The predicted molar refractivity (Wildman–Crippen MR) is 77.5 cm³/mol. The van der Waals surface area contributed by atoms with Crippen molar-refractivity contribution >= 4 is 15.9 Å². The lowest BCUT2D eigenvalue weighted by Crippen LogP contribution is -2.23. The molecule has 0 radical (unpaired) electrons. The highest BCUT2D eigenvalue weighted by atomic mass is 79.9. The Morgan fingerprint density at radius 2 is 2.15 bits per heavy atom. The van der Waals surface area contributed by atoms with Gasteiger partial charge in [-0.15, -0.1) is 0 Å². The molecule has 1 heterocycles. The molecule has 1 unspecified atom stereocenters. The van der Waals surface area contributed by atoms with Gasteiger partial charge < -0.3 is 9.88 Å². The molecule has 0 bridgehead atoms. The monoisotopic (exact) mass is 343 g/mol. The Bertz CT molecular complexity index is 598. The van der Waals surface area contributed by atoms with Gasteiger partial charge in [-0.1, -0.05) is 13.0 Å². The molecule has 0 spiro atoms. The first kappa shape index (κ1) is 15.1. The Morgan fingerprint density at radius 1 is 1.40 bits per heavy atom. The van der Waals surface area contributed by atoms with E-state index in [1.165, 1.54) is 0 Å². The van der Waals surface area contributed by atoms with E-state index < -0.39 is 11.6 Å². The van der Waals surface area contributed by atoms with Crippen molar-refractivity contribution in [1.82, 2.24) is 14.9 Å². The molecule has 1 N–H and O–H groups in total. The lowest BCUT2D eigenvalue weighted by atomic mass is 10.1. The molecule has 0 saturated carbocycles. The zero-order valence-corrected chi connectivity index (χ0v) is 12.9. The van der Waals surface area contributed by atoms with Crippen molar-refractivity contribution in [3.05, 3.63) is 52.0 Å². The number of rotatable bonds is 5. The highest BCUT2D eigenvalue weighted by molar-refractivity contribution is 9.10. The van der Waals surface area contributed by atoms with Gasteiger partial charge in [-0.05, 0) is 41.0 Å². The summed E-state index contributed by atoms with van der Waals surface area (Å²) in [5, 5.41) is 3.10. The summed E-state index contributed by atoms with van der Waals surface area (Å²) in [6.07, 6.45) is 4.57. The van der Waals surface area contributed by atoms with Crippen LogP contribution in [0.25, 0.3) is 0 Å². The first-order chi connectivity index (χ1) is 9.60. The van der Waals surface area contributed by atoms with Gasteiger partial charge in [0.25, 0.3) is 0 Å². The highest BCUT2D eigenvalue weighted by Gasteiger charge is 2.22. The Morgan fingerprint density at radius 3 is 2.80 bits per heavy atom. The molecule has 1 aromatic heterocycles. The van der Waals surface area contributed by atoms with E-state index in [0.717, 1.165) is 24.9 Å². The molecule has 1 atom stereocenters. The van der Waals surface area contributed by atoms with Gasteiger partial charge in [-0.3, -0.25) is 0 Å². The first-order valence-electron chi connectivity index (χ1n) is 6.41. The average molecular weight is 344 g/mol. The minimum atomic E-state index is -0.878. The first-order valence-corrected chi connectivity index (χ1v) is 7.21. The van der Waals surface area contributed by atoms with Crippen molar-refractivity contribution in [1.29, 1.82) is 0 Å². The van der Waals surface area contributed by atoms with E-state index >= 15 is 0 Å². The number of aromatic nitrogens is 2. The second-order valence-corrected chi connectivity index (χ2v) is 5.26. The van der Waals surface area contributed by atoms with Gasteiger partial charge in [0, 0.05) is 18.9 Å². The second kappa shape index (κ2) is 6.45. The fourth-order valence-electron chi connectivity index (χ4n) is 2.20. The topological polar surface area (TPSA) is 29.9 Å². The highest BCUT2D eigenvalue weighted by Crippen LogP contribution is 2.31. The molecule has 0 aliphatic rings. The Labute approximate surface area is 125 Å². The number of halogens is 3. The number of aryl methyl sites for hydroxylation is 1. The van der Waals surface area contributed by atoms with Crippen molar-refractivity contribution in [2.24, 2.45) is 0 Å². The smallest absolute Gasteiger partial charge is 0.173 e. The van der Waals surface area contributed by atoms with Crippen LogP contribution in [0.2, 0.25) is 0 Å². The predicted octanol–water partition coefficient (Wildman–Crippen LogP) is 3.64. The fraction of sp³-hybridized carbons (Fsp3) is 0.357. The Balaban J connectivity index is 2.47. The zero-order valence-electron chi connectivity index (χ0n) is 11.3. The lowest BCUT2D eigenvalue weighted by Gasteiger charge is -2.19. The lowest BCUT2D eigenvalue weighted by molar-refractivity contribution is 0.496. The summed E-state index contributed by atoms with van der Waals surface area (Å²) in [5.41, 5.74) is 0.620. The maximum absolute atomic E-state index is 13.7. The number of nitrogens with one attached hydrogen (secondary N) is 1. The van der Waals surface area contributed by atoms with Crippen molar-refractivity contribution in [3.63, 3.8) is 0 Å². The van der Waals surface area contributed by atoms with Crippen LogP contribution in [0, 0.1) is 11.6 Å². The summed E-state index contributed by atoms with van der Waals surface area (Å²) in [6.45, 7) is 2.90. The third kappa shape index (κ3) is 2.76. The summed E-state index contributed by atoms with van der Waals surface area (Å²) in [5.74, 6) is -0.968. The number of hydrogen-bond acceptors (Lipinski definition) is 2. The molecule has 0 saturated heterocycles. The van der Waals surface area contributed by atoms with Crippen LogP contribution < -0.4 is 5.32 Å². The maximum Gasteiger partial charge on any atom is 0.173 e. The molecule has 108 valence electrons. The molecule has 2 rings (SSSR count). The number of nitrogens with zero attached hydrogens (tertiary/aromatic N) is 2. The summed E-state index contributed by atoms with van der Waals surface area (Å²) < 4.78 is 29.1. The van der Waals surface area contributed by atoms with Gasteiger partial charge in [-0.2, -0.15) is 0 Å². The quantitative estimate of drug-likeness (QED) is 0.840. The van der Waals surface area contributed by atoms with E-state index in [-0.39, 0.29) is 10.5 Å². The van der Waals surface area contributed by atoms with Crippen LogP contribution in [0.1, 0.15) is 30.8 Å². The summed E-state index contributed by atoms with van der Waals surface area (Å²) >= 11 is 3.13. The van der Waals surface area contributed by atoms with Crippen LogP contribution in [0.5, 0.6) is 0 Å². The third-order valence-electron chi connectivity index (χ3n) is 3.14. The van der Waals surface area contributed by atoms with Crippen LogP contribution in [0.4, 0.5) is 8.78 Å². The fourth-order valence-corrected chi connectivity index (χ4v) is 2.75. The molecule has 20 heavy (non-hydrogen) atoms. The zero-order chi connectivity index (χ0) is 14.7. The molecule has 2 aromatic rings. The Hall–Kier alpha value is -1.27. The van der Waals surface area contributed by atoms with Crippen molar-refractivity contribution < 1.29 is 8.78 Å². The molecular formula is C14H16BrF2N3. The maximum atomic E-state index is 13.7. The van der Waals surface area contributed by atoms with E-state index in [4.69, 9.17) is 0 Å². The van der Waals surface area contributed by atoms with Gasteiger partial charge in [-0.25, -0.2) is 13.8 Å². The van der Waals surface area contributed by atoms with Crippen LogP contribution in [-0.4, -0.2) is 16.6 Å². The molecule has 0 fully saturated rings. The van der Waals surface area contributed by atoms with Crippen molar-refractivity contribution in [2.45, 2.75) is 25.9 Å². The van der Waals surface area contributed by atoms with Crippen molar-refractivity contribution in [2.75, 3.05) is 7.05 Å². The Kier molecular flexibility index (Phi) is 4.88. The number of benzene rings is 1. The normalized spacial score (nSPS) is 12.7. The van der Waals surface area contributed by atoms with E-state index in [1.807, 2.05) is 10.8 Å². The SMILES string of the molecule is CCCn1ccnc1C(NC)c1ccc(F)c(F)c1Br. The van der Waals surface area contributed by atoms with E-state index in [0.29, 0.717) is 5.56 Å². The molecule has 0 aliphatic heterocycles. The number of hydrogen-bond donors (Lipinski definition) is 1. The van der Waals surface area contributed by atoms with E-state index in [1.54, 1.807) is 19.3 Å². The molecule has 6 heteroatoms.